The zero-order valence-electron chi connectivity index (χ0n) is 33.2. The highest BCUT2D eigenvalue weighted by Crippen LogP contribution is 2.26. The van der Waals surface area contributed by atoms with E-state index < -0.39 is 43.2 Å². The van der Waals surface area contributed by atoms with Crippen LogP contribution in [0.25, 0.3) is 0 Å². The molecule has 1 aliphatic heterocycles. The molecule has 5 atom stereocenters. The number of unbranched alkanes of at least 4 members (excludes halogenated alkanes) is 25. The molecule has 1 heterocycles. The standard InChI is InChI=1S/C42H82N2O7/c1-3-5-7-9-11-13-14-15-16-17-18-19-21-23-25-30-34-44(37(46)31-27-24-22-20-12-10-8-6-4-2)42-39(41(50)40(49)36(35-45)51-42)43-33-29-26-28-32-38(47)48/h36,39-43,45,49-50H,3-35H2,1-2H3,(H,47,48)/t36-,39+,40-,41-,42-/m1/s1. The number of amides is 1. The molecule has 1 rings (SSSR count). The molecule has 0 aromatic carbocycles. The van der Waals surface area contributed by atoms with Gasteiger partial charge in [0, 0.05) is 19.4 Å². The largest absolute Gasteiger partial charge is 0.481 e. The van der Waals surface area contributed by atoms with Crippen LogP contribution in [0.4, 0.5) is 0 Å². The van der Waals surface area contributed by atoms with Crippen LogP contribution < -0.4 is 5.32 Å². The van der Waals surface area contributed by atoms with Crippen LogP contribution in [0.15, 0.2) is 0 Å². The number of hydrogen-bond acceptors (Lipinski definition) is 7. The van der Waals surface area contributed by atoms with E-state index >= 15 is 0 Å². The molecule has 5 N–H and O–H groups in total. The highest BCUT2D eigenvalue weighted by atomic mass is 16.5. The molecule has 0 radical (unpaired) electrons. The number of carboxylic acid groups (broad SMARTS) is 1. The van der Waals surface area contributed by atoms with Gasteiger partial charge >= 0.3 is 5.97 Å². The molecule has 0 saturated carbocycles. The van der Waals surface area contributed by atoms with Gasteiger partial charge in [-0.15, -0.1) is 0 Å². The lowest BCUT2D eigenvalue weighted by Crippen LogP contribution is -2.68. The second-order valence-corrected chi connectivity index (χ2v) is 15.4. The van der Waals surface area contributed by atoms with Crippen LogP contribution in [0.5, 0.6) is 0 Å². The average Bonchev–Trinajstić information content (AvgIpc) is 3.12. The van der Waals surface area contributed by atoms with Crippen LogP contribution >= 0.6 is 0 Å². The SMILES string of the molecule is CCCCCCCCCCCCCCCCCCN(C(=O)CCCCCCCCCCC)[C@@H]1O[C@H](CO)[C@@H](O)[C@H](O)[C@@H]1NCCCCCC(=O)O. The maximum atomic E-state index is 13.8. The van der Waals surface area contributed by atoms with Crippen molar-refractivity contribution >= 4 is 11.9 Å². The highest BCUT2D eigenvalue weighted by molar-refractivity contribution is 5.76. The Kier molecular flexibility index (Phi) is 31.2. The predicted molar refractivity (Wildman–Crippen MR) is 209 cm³/mol. The number of ether oxygens (including phenoxy) is 1. The number of aliphatic hydroxyl groups is 3. The van der Waals surface area contributed by atoms with Crippen LogP contribution in [-0.4, -0.2) is 87.5 Å². The van der Waals surface area contributed by atoms with E-state index in [0.29, 0.717) is 32.4 Å². The summed E-state index contributed by atoms with van der Waals surface area (Å²) in [5.41, 5.74) is 0. The maximum Gasteiger partial charge on any atom is 0.303 e. The van der Waals surface area contributed by atoms with E-state index in [1.807, 2.05) is 0 Å². The van der Waals surface area contributed by atoms with Gasteiger partial charge in [0.05, 0.1) is 12.6 Å². The van der Waals surface area contributed by atoms with Crippen LogP contribution in [0.2, 0.25) is 0 Å². The van der Waals surface area contributed by atoms with Crippen LogP contribution in [-0.2, 0) is 14.3 Å². The van der Waals surface area contributed by atoms with Gasteiger partial charge < -0.3 is 35.4 Å². The third-order valence-corrected chi connectivity index (χ3v) is 10.7. The Hall–Kier alpha value is -1.26. The molecule has 1 fully saturated rings. The van der Waals surface area contributed by atoms with Gasteiger partial charge in [-0.2, -0.15) is 0 Å². The summed E-state index contributed by atoms with van der Waals surface area (Å²) in [6.45, 7) is 5.06. The Morgan fingerprint density at radius 1 is 0.569 bits per heavy atom. The number of rotatable bonds is 36. The molecular formula is C42H82N2O7. The van der Waals surface area contributed by atoms with Crippen LogP contribution in [0.3, 0.4) is 0 Å². The van der Waals surface area contributed by atoms with Crippen molar-refractivity contribution in [3.8, 4) is 0 Å². The number of carbonyl (C=O) groups is 2. The van der Waals surface area contributed by atoms with E-state index in [1.54, 1.807) is 4.90 Å². The summed E-state index contributed by atoms with van der Waals surface area (Å²) in [4.78, 5) is 26.4. The fourth-order valence-corrected chi connectivity index (χ4v) is 7.39. The minimum Gasteiger partial charge on any atom is -0.481 e. The topological polar surface area (TPSA) is 140 Å². The van der Waals surface area contributed by atoms with Crippen molar-refractivity contribution in [3.05, 3.63) is 0 Å². The van der Waals surface area contributed by atoms with E-state index in [9.17, 15) is 24.9 Å². The lowest BCUT2D eigenvalue weighted by Gasteiger charge is -2.47. The quantitative estimate of drug-likeness (QED) is 0.0403. The highest BCUT2D eigenvalue weighted by Gasteiger charge is 2.47. The number of aliphatic hydroxyl groups excluding tert-OH is 3. The summed E-state index contributed by atoms with van der Waals surface area (Å²) in [5, 5.41) is 44.1. The molecule has 0 spiro atoms. The van der Waals surface area contributed by atoms with Gasteiger partial charge in [-0.1, -0.05) is 168 Å². The molecule has 1 saturated heterocycles. The lowest BCUT2D eigenvalue weighted by atomic mass is 9.94. The zero-order chi connectivity index (χ0) is 37.4. The Balaban J connectivity index is 2.62. The first-order valence-corrected chi connectivity index (χ1v) is 21.7. The first-order valence-electron chi connectivity index (χ1n) is 21.7. The molecule has 1 aliphatic rings. The number of aliphatic carboxylic acids is 1. The van der Waals surface area contributed by atoms with Crippen molar-refractivity contribution in [1.29, 1.82) is 0 Å². The Labute approximate surface area is 313 Å². The van der Waals surface area contributed by atoms with E-state index in [2.05, 4.69) is 19.2 Å². The molecule has 51 heavy (non-hydrogen) atoms. The third-order valence-electron chi connectivity index (χ3n) is 10.7. The van der Waals surface area contributed by atoms with Gasteiger partial charge in [-0.25, -0.2) is 0 Å². The Morgan fingerprint density at radius 3 is 1.43 bits per heavy atom. The molecule has 9 heteroatoms. The monoisotopic (exact) mass is 727 g/mol. The zero-order valence-corrected chi connectivity index (χ0v) is 33.2. The van der Waals surface area contributed by atoms with Gasteiger partial charge in [-0.05, 0) is 32.2 Å². The fourth-order valence-electron chi connectivity index (χ4n) is 7.39. The third kappa shape index (κ3) is 23.9. The van der Waals surface area contributed by atoms with Crippen molar-refractivity contribution in [1.82, 2.24) is 10.2 Å². The van der Waals surface area contributed by atoms with Gasteiger partial charge in [0.25, 0.3) is 0 Å². The molecule has 0 unspecified atom stereocenters. The van der Waals surface area contributed by atoms with Crippen molar-refractivity contribution in [3.63, 3.8) is 0 Å². The van der Waals surface area contributed by atoms with Gasteiger partial charge in [0.1, 0.15) is 18.3 Å². The summed E-state index contributed by atoms with van der Waals surface area (Å²) in [5.74, 6) is -0.815. The number of carboxylic acids is 1. The summed E-state index contributed by atoms with van der Waals surface area (Å²) in [7, 11) is 0. The summed E-state index contributed by atoms with van der Waals surface area (Å²) in [6.07, 6.45) is 29.2. The molecule has 0 aliphatic carbocycles. The molecular weight excluding hydrogens is 644 g/mol. The van der Waals surface area contributed by atoms with E-state index in [-0.39, 0.29) is 12.3 Å². The van der Waals surface area contributed by atoms with Gasteiger partial charge in [-0.3, -0.25) is 9.59 Å². The number of nitrogens with zero attached hydrogens (tertiary/aromatic N) is 1. The molecule has 0 aromatic heterocycles. The lowest BCUT2D eigenvalue weighted by molar-refractivity contribution is -0.231. The average molecular weight is 727 g/mol. The van der Waals surface area contributed by atoms with Crippen molar-refractivity contribution in [2.45, 2.75) is 237 Å². The first kappa shape index (κ1) is 47.8. The Morgan fingerprint density at radius 2 is 0.980 bits per heavy atom. The van der Waals surface area contributed by atoms with Gasteiger partial charge in [0.2, 0.25) is 5.91 Å². The van der Waals surface area contributed by atoms with Gasteiger partial charge in [0.15, 0.2) is 6.23 Å². The van der Waals surface area contributed by atoms with Crippen molar-refractivity contribution in [2.24, 2.45) is 0 Å². The molecule has 302 valence electrons. The number of hydrogen-bond donors (Lipinski definition) is 5. The molecule has 1 amide bonds. The van der Waals surface area contributed by atoms with Crippen molar-refractivity contribution < 1.29 is 34.8 Å². The first-order chi connectivity index (χ1) is 24.9. The minimum absolute atomic E-state index is 0.00237. The number of carbonyl (C=O) groups excluding carboxylic acids is 1. The molecule has 0 aromatic rings. The van der Waals surface area contributed by atoms with E-state index in [0.717, 1.165) is 44.9 Å². The molecule has 0 bridgehead atoms. The predicted octanol–water partition coefficient (Wildman–Crippen LogP) is 9.04. The second-order valence-electron chi connectivity index (χ2n) is 15.4. The summed E-state index contributed by atoms with van der Waals surface area (Å²) in [6, 6.07) is -0.713. The smallest absolute Gasteiger partial charge is 0.303 e. The van der Waals surface area contributed by atoms with E-state index in [1.165, 1.54) is 122 Å². The summed E-state index contributed by atoms with van der Waals surface area (Å²) < 4.78 is 6.20. The van der Waals surface area contributed by atoms with Crippen molar-refractivity contribution in [2.75, 3.05) is 19.7 Å². The molecule has 9 nitrogen and oxygen atoms in total. The Bertz CT molecular complexity index is 816. The number of nitrogens with one attached hydrogen (secondary N) is 1. The van der Waals surface area contributed by atoms with Crippen LogP contribution in [0, 0.1) is 0 Å². The summed E-state index contributed by atoms with van der Waals surface area (Å²) >= 11 is 0. The van der Waals surface area contributed by atoms with E-state index in [4.69, 9.17) is 9.84 Å². The maximum absolute atomic E-state index is 13.8. The minimum atomic E-state index is -1.28. The second kappa shape index (κ2) is 33.3. The van der Waals surface area contributed by atoms with Crippen LogP contribution in [0.1, 0.15) is 206 Å². The fraction of sp³-hybridized carbons (Fsp3) is 0.952. The normalized spacial score (nSPS) is 20.5.